The van der Waals surface area contributed by atoms with E-state index in [2.05, 4.69) is 46.1 Å². The van der Waals surface area contributed by atoms with Crippen molar-refractivity contribution in [1.29, 1.82) is 5.26 Å². The third-order valence-electron chi connectivity index (χ3n) is 3.31. The van der Waals surface area contributed by atoms with Crippen LogP contribution >= 0.6 is 27.7 Å². The van der Waals surface area contributed by atoms with Crippen LogP contribution in [-0.4, -0.2) is 16.6 Å². The molecule has 1 aromatic heterocycles. The third-order valence-corrected chi connectivity index (χ3v) is 4.99. The van der Waals surface area contributed by atoms with Gasteiger partial charge in [-0.25, -0.2) is 4.98 Å². The summed E-state index contributed by atoms with van der Waals surface area (Å²) >= 11 is 4.84. The monoisotopic (exact) mass is 403 g/mol. The van der Waals surface area contributed by atoms with Gasteiger partial charge in [0.1, 0.15) is 11.1 Å². The molecule has 0 aliphatic heterocycles. The van der Waals surface area contributed by atoms with Gasteiger partial charge < -0.3 is 5.32 Å². The van der Waals surface area contributed by atoms with Crippen LogP contribution in [0.3, 0.4) is 0 Å². The number of nitrogens with one attached hydrogen (secondary N) is 1. The molecule has 2 rings (SSSR count). The topological polar surface area (TPSA) is 65.8 Å². The summed E-state index contributed by atoms with van der Waals surface area (Å²) in [7, 11) is 0. The first-order valence-corrected chi connectivity index (χ1v) is 9.37. The Hall–Kier alpha value is -1.84. The Kier molecular flexibility index (Phi) is 6.83. The van der Waals surface area contributed by atoms with Gasteiger partial charge in [0.15, 0.2) is 0 Å². The molecule has 0 spiro atoms. The summed E-state index contributed by atoms with van der Waals surface area (Å²) in [5.74, 6) is 0.809. The maximum atomic E-state index is 12.1. The highest BCUT2D eigenvalue weighted by molar-refractivity contribution is 9.10. The maximum Gasteiger partial charge on any atom is 0.225 e. The molecule has 1 heterocycles. The summed E-state index contributed by atoms with van der Waals surface area (Å²) < 4.78 is 0.851. The number of halogens is 1. The van der Waals surface area contributed by atoms with E-state index < -0.39 is 0 Å². The number of aromatic nitrogens is 1. The van der Waals surface area contributed by atoms with Gasteiger partial charge in [-0.3, -0.25) is 4.79 Å². The van der Waals surface area contributed by atoms with E-state index in [0.717, 1.165) is 15.9 Å². The van der Waals surface area contributed by atoms with Crippen molar-refractivity contribution in [3.05, 3.63) is 52.1 Å². The average Bonchev–Trinajstić information content (AvgIpc) is 2.56. The molecular formula is C18H18BrN3OS. The van der Waals surface area contributed by atoms with Gasteiger partial charge in [-0.2, -0.15) is 5.26 Å². The molecule has 0 saturated heterocycles. The van der Waals surface area contributed by atoms with Crippen molar-refractivity contribution in [2.75, 3.05) is 11.1 Å². The molecule has 0 atom stereocenters. The Balaban J connectivity index is 1.94. The molecule has 0 unspecified atom stereocenters. The molecule has 1 amide bonds. The molecule has 2 aromatic rings. The summed E-state index contributed by atoms with van der Waals surface area (Å²) in [5.41, 5.74) is 2.26. The number of benzene rings is 1. The normalized spacial score (nSPS) is 10.5. The Labute approximate surface area is 154 Å². The van der Waals surface area contributed by atoms with Gasteiger partial charge >= 0.3 is 0 Å². The number of hydrogen-bond donors (Lipinski definition) is 1. The van der Waals surface area contributed by atoms with Crippen LogP contribution in [-0.2, 0) is 4.79 Å². The van der Waals surface area contributed by atoms with Gasteiger partial charge in [0.05, 0.1) is 11.3 Å². The molecule has 0 bridgehead atoms. The highest BCUT2D eigenvalue weighted by atomic mass is 79.9. The van der Waals surface area contributed by atoms with Gasteiger partial charge in [-0.1, -0.05) is 26.0 Å². The summed E-state index contributed by atoms with van der Waals surface area (Å²) in [6.07, 6.45) is 0.352. The van der Waals surface area contributed by atoms with Crippen LogP contribution in [0.25, 0.3) is 0 Å². The van der Waals surface area contributed by atoms with Crippen LogP contribution in [0.5, 0.6) is 0 Å². The van der Waals surface area contributed by atoms with Crippen LogP contribution in [0.1, 0.15) is 37.4 Å². The summed E-state index contributed by atoms with van der Waals surface area (Å²) in [4.78, 5) is 16.6. The van der Waals surface area contributed by atoms with Crippen molar-refractivity contribution in [3.63, 3.8) is 0 Å². The summed E-state index contributed by atoms with van der Waals surface area (Å²) in [5, 5.41) is 12.8. The zero-order chi connectivity index (χ0) is 17.5. The summed E-state index contributed by atoms with van der Waals surface area (Å²) in [6.45, 7) is 4.13. The largest absolute Gasteiger partial charge is 0.325 e. The third kappa shape index (κ3) is 5.08. The second kappa shape index (κ2) is 8.86. The number of anilines is 1. The Bertz CT molecular complexity index is 771. The molecule has 1 N–H and O–H groups in total. The first-order valence-electron chi connectivity index (χ1n) is 7.59. The molecule has 124 valence electrons. The van der Waals surface area contributed by atoms with E-state index in [1.165, 1.54) is 11.8 Å². The van der Waals surface area contributed by atoms with Crippen LogP contribution in [0, 0.1) is 11.3 Å². The number of hydrogen-bond acceptors (Lipinski definition) is 4. The van der Waals surface area contributed by atoms with Gasteiger partial charge in [-0.15, -0.1) is 11.8 Å². The molecule has 1 aromatic carbocycles. The van der Waals surface area contributed by atoms with Gasteiger partial charge in [0.25, 0.3) is 0 Å². The van der Waals surface area contributed by atoms with Crippen LogP contribution in [0.15, 0.2) is 45.9 Å². The first-order chi connectivity index (χ1) is 11.5. The molecule has 0 aliphatic rings. The zero-order valence-electron chi connectivity index (χ0n) is 13.5. The molecule has 6 heteroatoms. The van der Waals surface area contributed by atoms with Crippen molar-refractivity contribution >= 4 is 39.3 Å². The van der Waals surface area contributed by atoms with E-state index in [9.17, 15) is 10.1 Å². The second-order valence-electron chi connectivity index (χ2n) is 5.48. The fourth-order valence-electron chi connectivity index (χ4n) is 1.99. The lowest BCUT2D eigenvalue weighted by Gasteiger charge is -2.09. The smallest absolute Gasteiger partial charge is 0.225 e. The van der Waals surface area contributed by atoms with Gasteiger partial charge in [0, 0.05) is 22.3 Å². The molecule has 0 aliphatic carbocycles. The van der Waals surface area contributed by atoms with Crippen LogP contribution in [0.2, 0.25) is 0 Å². The molecule has 0 fully saturated rings. The van der Waals surface area contributed by atoms with Gasteiger partial charge in [0.2, 0.25) is 5.91 Å². The van der Waals surface area contributed by atoms with Crippen molar-refractivity contribution in [2.24, 2.45) is 0 Å². The number of nitriles is 1. The minimum absolute atomic E-state index is 0.0621. The molecule has 24 heavy (non-hydrogen) atoms. The fraction of sp³-hybridized carbons (Fsp3) is 0.278. The van der Waals surface area contributed by atoms with E-state index in [1.54, 1.807) is 6.07 Å². The summed E-state index contributed by atoms with van der Waals surface area (Å²) in [6, 6.07) is 13.3. The predicted molar refractivity (Wildman–Crippen MR) is 101 cm³/mol. The van der Waals surface area contributed by atoms with Gasteiger partial charge in [-0.05, 0) is 46.1 Å². The molecule has 0 radical (unpaired) electrons. The van der Waals surface area contributed by atoms with E-state index in [4.69, 9.17) is 0 Å². The fourth-order valence-corrected chi connectivity index (χ4v) is 3.29. The van der Waals surface area contributed by atoms with Crippen molar-refractivity contribution in [2.45, 2.75) is 31.2 Å². The lowest BCUT2D eigenvalue weighted by Crippen LogP contribution is -2.12. The van der Waals surface area contributed by atoms with Crippen LogP contribution < -0.4 is 5.32 Å². The minimum Gasteiger partial charge on any atom is -0.325 e. The number of carbonyl (C=O) groups excluding carboxylic acids is 1. The second-order valence-corrected chi connectivity index (χ2v) is 7.42. The van der Waals surface area contributed by atoms with E-state index >= 15 is 0 Å². The van der Waals surface area contributed by atoms with E-state index in [0.29, 0.717) is 28.7 Å². The highest BCUT2D eigenvalue weighted by Gasteiger charge is 2.10. The van der Waals surface area contributed by atoms with E-state index in [-0.39, 0.29) is 5.91 Å². The number of thioether (sulfide) groups is 1. The lowest BCUT2D eigenvalue weighted by atomic mass is 10.1. The first kappa shape index (κ1) is 18.5. The number of nitrogens with zero attached hydrogens (tertiary/aromatic N) is 2. The van der Waals surface area contributed by atoms with Crippen molar-refractivity contribution < 1.29 is 4.79 Å². The number of rotatable bonds is 6. The van der Waals surface area contributed by atoms with Crippen molar-refractivity contribution in [1.82, 2.24) is 4.98 Å². The van der Waals surface area contributed by atoms with E-state index in [1.807, 2.05) is 30.3 Å². The molecular weight excluding hydrogens is 386 g/mol. The highest BCUT2D eigenvalue weighted by Crippen LogP contribution is 2.25. The molecule has 4 nitrogen and oxygen atoms in total. The van der Waals surface area contributed by atoms with Crippen molar-refractivity contribution in [3.8, 4) is 6.07 Å². The Morgan fingerprint density at radius 2 is 2.08 bits per heavy atom. The maximum absolute atomic E-state index is 12.1. The molecule has 0 saturated carbocycles. The average molecular weight is 404 g/mol. The lowest BCUT2D eigenvalue weighted by molar-refractivity contribution is -0.115. The Morgan fingerprint density at radius 3 is 2.75 bits per heavy atom. The minimum atomic E-state index is -0.0621. The predicted octanol–water partition coefficient (Wildman–Crippen LogP) is 4.96. The standard InChI is InChI=1S/C18H18BrN3OS/c1-12(2)15-8-7-13(11-20)18(22-15)24-10-9-17(23)21-16-6-4-3-5-14(16)19/h3-8,12H,9-10H2,1-2H3,(H,21,23). The quantitative estimate of drug-likeness (QED) is 0.691. The Morgan fingerprint density at radius 1 is 1.33 bits per heavy atom. The number of carbonyl (C=O) groups is 1. The number of pyridine rings is 1. The van der Waals surface area contributed by atoms with Crippen LogP contribution in [0.4, 0.5) is 5.69 Å². The zero-order valence-corrected chi connectivity index (χ0v) is 15.9. The number of para-hydroxylation sites is 1. The SMILES string of the molecule is CC(C)c1ccc(C#N)c(SCCC(=O)Nc2ccccc2Br)n1. The number of amides is 1.